The van der Waals surface area contributed by atoms with E-state index in [4.69, 9.17) is 20.4 Å². The van der Waals surface area contributed by atoms with E-state index in [-0.39, 0.29) is 5.69 Å². The van der Waals surface area contributed by atoms with Gasteiger partial charge in [0.15, 0.2) is 0 Å². The van der Waals surface area contributed by atoms with Crippen LogP contribution in [0.5, 0.6) is 0 Å². The fraction of sp³-hybridized carbons (Fsp3) is 0.364. The third-order valence-corrected chi connectivity index (χ3v) is 2.74. The van der Waals surface area contributed by atoms with Crippen molar-refractivity contribution in [2.45, 2.75) is 5.54 Å². The van der Waals surface area contributed by atoms with Gasteiger partial charge in [-0.25, -0.2) is 4.79 Å². The molecule has 9 nitrogen and oxygen atoms in total. The summed E-state index contributed by atoms with van der Waals surface area (Å²) in [5, 5.41) is 49.6. The molecule has 0 aromatic heterocycles. The van der Waals surface area contributed by atoms with Crippen LogP contribution >= 0.6 is 0 Å². The Morgan fingerprint density at radius 3 is 2.20 bits per heavy atom. The van der Waals surface area contributed by atoms with Crippen LogP contribution in [-0.2, 0) is 0 Å². The van der Waals surface area contributed by atoms with Crippen LogP contribution < -0.4 is 5.32 Å². The number of nitrogens with zero attached hydrogens (tertiary/aromatic N) is 1. The van der Waals surface area contributed by atoms with E-state index in [1.807, 2.05) is 0 Å². The molecule has 0 bridgehead atoms. The number of hydrogen-bond donors (Lipinski definition) is 5. The third-order valence-electron chi connectivity index (χ3n) is 2.74. The van der Waals surface area contributed by atoms with Crippen LogP contribution in [0.1, 0.15) is 10.4 Å². The topological polar surface area (TPSA) is 153 Å². The Labute approximate surface area is 113 Å². The first-order valence-corrected chi connectivity index (χ1v) is 5.51. The maximum absolute atomic E-state index is 11.0. The maximum atomic E-state index is 11.0. The van der Waals surface area contributed by atoms with Crippen molar-refractivity contribution in [3.8, 4) is 0 Å². The van der Waals surface area contributed by atoms with Crippen LogP contribution in [0.3, 0.4) is 0 Å². The smallest absolute Gasteiger partial charge is 0.342 e. The van der Waals surface area contributed by atoms with E-state index in [2.05, 4.69) is 5.32 Å². The SMILES string of the molecule is O=C(O)c1cc(NC(CO)(CO)CO)ccc1[N+](=O)[O-]. The molecule has 0 amide bonds. The van der Waals surface area contributed by atoms with Crippen molar-refractivity contribution < 1.29 is 30.1 Å². The number of aromatic carboxylic acids is 1. The molecule has 0 spiro atoms. The molecule has 5 N–H and O–H groups in total. The van der Waals surface area contributed by atoms with Gasteiger partial charge < -0.3 is 25.7 Å². The van der Waals surface area contributed by atoms with Crippen LogP contribution in [0.4, 0.5) is 11.4 Å². The van der Waals surface area contributed by atoms with E-state index < -0.39 is 47.5 Å². The highest BCUT2D eigenvalue weighted by Crippen LogP contribution is 2.24. The van der Waals surface area contributed by atoms with Crippen molar-refractivity contribution in [3.63, 3.8) is 0 Å². The molecule has 0 saturated heterocycles. The van der Waals surface area contributed by atoms with Gasteiger partial charge in [0.25, 0.3) is 5.69 Å². The standard InChI is InChI=1S/C11H14N2O7/c14-4-11(5-15,6-16)12-7-1-2-9(13(19)20)8(3-7)10(17)18/h1-3,12,14-16H,4-6H2,(H,17,18). The molecule has 1 rings (SSSR count). The Balaban J connectivity index is 3.19. The normalized spacial score (nSPS) is 11.2. The van der Waals surface area contributed by atoms with Gasteiger partial charge in [-0.1, -0.05) is 0 Å². The number of rotatable bonds is 7. The highest BCUT2D eigenvalue weighted by Gasteiger charge is 2.29. The minimum Gasteiger partial charge on any atom is -0.477 e. The number of nitro groups is 1. The molecule has 0 unspecified atom stereocenters. The average Bonchev–Trinajstić information content (AvgIpc) is 2.44. The summed E-state index contributed by atoms with van der Waals surface area (Å²) in [5.74, 6) is -1.48. The monoisotopic (exact) mass is 286 g/mol. The number of carboxylic acids is 1. The van der Waals surface area contributed by atoms with Crippen molar-refractivity contribution in [2.75, 3.05) is 25.1 Å². The van der Waals surface area contributed by atoms with E-state index in [0.29, 0.717) is 0 Å². The highest BCUT2D eigenvalue weighted by molar-refractivity contribution is 5.93. The summed E-state index contributed by atoms with van der Waals surface area (Å²) in [6, 6.07) is 3.21. The lowest BCUT2D eigenvalue weighted by Crippen LogP contribution is -2.49. The van der Waals surface area contributed by atoms with Crippen molar-refractivity contribution in [1.82, 2.24) is 0 Å². The first kappa shape index (κ1) is 15.8. The molecule has 110 valence electrons. The first-order valence-electron chi connectivity index (χ1n) is 5.51. The average molecular weight is 286 g/mol. The van der Waals surface area contributed by atoms with E-state index in [1.54, 1.807) is 0 Å². The molecule has 0 saturated carbocycles. The van der Waals surface area contributed by atoms with E-state index in [9.17, 15) is 14.9 Å². The zero-order valence-corrected chi connectivity index (χ0v) is 10.3. The van der Waals surface area contributed by atoms with Crippen molar-refractivity contribution >= 4 is 17.3 Å². The van der Waals surface area contributed by atoms with Crippen molar-refractivity contribution in [1.29, 1.82) is 0 Å². The second-order valence-electron chi connectivity index (χ2n) is 4.17. The summed E-state index contributed by atoms with van der Waals surface area (Å²) in [5.41, 5.74) is -2.45. The molecule has 0 fully saturated rings. The summed E-state index contributed by atoms with van der Waals surface area (Å²) >= 11 is 0. The molecule has 0 atom stereocenters. The number of carboxylic acid groups (broad SMARTS) is 1. The summed E-state index contributed by atoms with van der Waals surface area (Å²) in [7, 11) is 0. The van der Waals surface area contributed by atoms with Gasteiger partial charge >= 0.3 is 5.97 Å². The van der Waals surface area contributed by atoms with Crippen LogP contribution in [-0.4, -0.2) is 56.7 Å². The lowest BCUT2D eigenvalue weighted by molar-refractivity contribution is -0.385. The molecule has 0 aliphatic rings. The zero-order valence-electron chi connectivity index (χ0n) is 10.3. The van der Waals surface area contributed by atoms with Gasteiger partial charge in [0.2, 0.25) is 0 Å². The van der Waals surface area contributed by atoms with Crippen molar-refractivity contribution in [3.05, 3.63) is 33.9 Å². The molecular formula is C11H14N2O7. The van der Waals surface area contributed by atoms with E-state index in [1.165, 1.54) is 6.07 Å². The van der Waals surface area contributed by atoms with Crippen LogP contribution in [0, 0.1) is 10.1 Å². The minimum absolute atomic E-state index is 0.116. The number of aliphatic hydroxyl groups excluding tert-OH is 3. The summed E-state index contributed by atoms with van der Waals surface area (Å²) < 4.78 is 0. The summed E-state index contributed by atoms with van der Waals surface area (Å²) in [4.78, 5) is 20.8. The zero-order chi connectivity index (χ0) is 15.3. The Kier molecular flexibility index (Phi) is 4.97. The Hall–Kier alpha value is -2.23. The fourth-order valence-electron chi connectivity index (χ4n) is 1.52. The molecular weight excluding hydrogens is 272 g/mol. The molecule has 0 aliphatic heterocycles. The molecule has 0 radical (unpaired) electrons. The van der Waals surface area contributed by atoms with Gasteiger partial charge in [-0.05, 0) is 12.1 Å². The Bertz CT molecular complexity index is 505. The quantitative estimate of drug-likeness (QED) is 0.329. The number of nitro benzene ring substituents is 1. The molecule has 0 heterocycles. The largest absolute Gasteiger partial charge is 0.477 e. The lowest BCUT2D eigenvalue weighted by Gasteiger charge is -2.29. The van der Waals surface area contributed by atoms with Crippen molar-refractivity contribution in [2.24, 2.45) is 0 Å². The fourth-order valence-corrected chi connectivity index (χ4v) is 1.52. The number of benzene rings is 1. The van der Waals surface area contributed by atoms with Crippen LogP contribution in [0.15, 0.2) is 18.2 Å². The molecule has 20 heavy (non-hydrogen) atoms. The number of anilines is 1. The minimum atomic E-state index is -1.48. The number of hydrogen-bond acceptors (Lipinski definition) is 7. The molecule has 1 aromatic rings. The van der Waals surface area contributed by atoms with E-state index >= 15 is 0 Å². The maximum Gasteiger partial charge on any atom is 0.342 e. The highest BCUT2D eigenvalue weighted by atomic mass is 16.6. The molecule has 0 aliphatic carbocycles. The summed E-state index contributed by atoms with van der Waals surface area (Å²) in [6.45, 7) is -1.84. The van der Waals surface area contributed by atoms with Crippen LogP contribution in [0.25, 0.3) is 0 Å². The number of aliphatic hydroxyl groups is 3. The van der Waals surface area contributed by atoms with E-state index in [0.717, 1.165) is 12.1 Å². The predicted molar refractivity (Wildman–Crippen MR) is 67.7 cm³/mol. The van der Waals surface area contributed by atoms with Gasteiger partial charge in [-0.3, -0.25) is 10.1 Å². The number of carbonyl (C=O) groups is 1. The first-order chi connectivity index (χ1) is 9.39. The molecule has 9 heteroatoms. The molecule has 1 aromatic carbocycles. The van der Waals surface area contributed by atoms with Gasteiger partial charge in [0.1, 0.15) is 11.1 Å². The predicted octanol–water partition coefficient (Wildman–Crippen LogP) is -0.579. The third kappa shape index (κ3) is 3.20. The number of nitrogens with one attached hydrogen (secondary N) is 1. The lowest BCUT2D eigenvalue weighted by atomic mass is 10.0. The second kappa shape index (κ2) is 6.28. The van der Waals surface area contributed by atoms with Gasteiger partial charge in [0, 0.05) is 11.8 Å². The second-order valence-corrected chi connectivity index (χ2v) is 4.17. The Morgan fingerprint density at radius 2 is 1.80 bits per heavy atom. The Morgan fingerprint density at radius 1 is 1.25 bits per heavy atom. The van der Waals surface area contributed by atoms with Gasteiger partial charge in [0.05, 0.1) is 24.7 Å². The van der Waals surface area contributed by atoms with Gasteiger partial charge in [-0.2, -0.15) is 0 Å². The van der Waals surface area contributed by atoms with Gasteiger partial charge in [-0.15, -0.1) is 0 Å². The summed E-state index contributed by atoms with van der Waals surface area (Å²) in [6.07, 6.45) is 0. The van der Waals surface area contributed by atoms with Crippen LogP contribution in [0.2, 0.25) is 0 Å².